The lowest BCUT2D eigenvalue weighted by Crippen LogP contribution is -2.29. The minimum Gasteiger partial charge on any atom is -0.508 e. The number of rotatable bonds is 3. The van der Waals surface area contributed by atoms with E-state index in [4.69, 9.17) is 0 Å². The summed E-state index contributed by atoms with van der Waals surface area (Å²) in [6, 6.07) is 16.8. The molecule has 3 aromatic rings. The maximum atomic E-state index is 13.3. The number of benzene rings is 3. The highest BCUT2D eigenvalue weighted by atomic mass is 16.3. The summed E-state index contributed by atoms with van der Waals surface area (Å²) in [6.07, 6.45) is 0. The van der Waals surface area contributed by atoms with Gasteiger partial charge >= 0.3 is 0 Å². The van der Waals surface area contributed by atoms with Crippen molar-refractivity contribution in [3.63, 3.8) is 0 Å². The molecule has 5 heteroatoms. The predicted octanol–water partition coefficient (Wildman–Crippen LogP) is 5.25. The quantitative estimate of drug-likeness (QED) is 0.340. The van der Waals surface area contributed by atoms with Crippen molar-refractivity contribution < 1.29 is 19.8 Å². The average molecular weight is 428 g/mol. The maximum absolute atomic E-state index is 13.3. The van der Waals surface area contributed by atoms with Crippen LogP contribution in [0.2, 0.25) is 0 Å². The second-order valence-corrected chi connectivity index (χ2v) is 8.42. The Balaban J connectivity index is 2.00. The molecule has 0 aliphatic carbocycles. The molecule has 0 radical (unpaired) electrons. The fraction of sp³-hybridized carbons (Fsp3) is 0.185. The molecule has 1 aliphatic heterocycles. The van der Waals surface area contributed by atoms with E-state index in [1.54, 1.807) is 12.1 Å². The van der Waals surface area contributed by atoms with Crippen LogP contribution < -0.4 is 4.90 Å². The number of phenols is 1. The average Bonchev–Trinajstić information content (AvgIpc) is 3.00. The molecule has 1 amide bonds. The molecule has 3 aromatic carbocycles. The van der Waals surface area contributed by atoms with Crippen LogP contribution in [0.1, 0.15) is 39.4 Å². The number of aryl methyl sites for hydroxylation is 4. The third kappa shape index (κ3) is 3.66. The molecular formula is C27H25NO4. The van der Waals surface area contributed by atoms with Gasteiger partial charge in [0.25, 0.3) is 11.7 Å². The zero-order chi connectivity index (χ0) is 23.2. The number of phenolic OH excluding ortho intramolecular Hbond substituents is 1. The van der Waals surface area contributed by atoms with Crippen molar-refractivity contribution in [1.82, 2.24) is 0 Å². The maximum Gasteiger partial charge on any atom is 0.300 e. The highest BCUT2D eigenvalue weighted by molar-refractivity contribution is 6.51. The van der Waals surface area contributed by atoms with Crippen LogP contribution in [0.4, 0.5) is 5.69 Å². The van der Waals surface area contributed by atoms with Crippen LogP contribution in [0.5, 0.6) is 5.75 Å². The normalized spacial score (nSPS) is 17.8. The number of anilines is 1. The Morgan fingerprint density at radius 1 is 0.812 bits per heavy atom. The first-order chi connectivity index (χ1) is 15.2. The third-order valence-electron chi connectivity index (χ3n) is 5.79. The summed E-state index contributed by atoms with van der Waals surface area (Å²) in [6.45, 7) is 7.61. The molecule has 5 nitrogen and oxygen atoms in total. The second kappa shape index (κ2) is 8.00. The lowest BCUT2D eigenvalue weighted by atomic mass is 9.93. The largest absolute Gasteiger partial charge is 0.508 e. The van der Waals surface area contributed by atoms with Gasteiger partial charge in [0.2, 0.25) is 0 Å². The van der Waals surface area contributed by atoms with Crippen molar-refractivity contribution >= 4 is 23.1 Å². The second-order valence-electron chi connectivity index (χ2n) is 8.42. The molecule has 0 aromatic heterocycles. The van der Waals surface area contributed by atoms with E-state index in [0.717, 1.165) is 22.3 Å². The van der Waals surface area contributed by atoms with Gasteiger partial charge in [-0.3, -0.25) is 14.5 Å². The fourth-order valence-corrected chi connectivity index (χ4v) is 4.30. The summed E-state index contributed by atoms with van der Waals surface area (Å²) in [5, 5.41) is 21.1. The number of Topliss-reactive ketones (excluding diaryl/α,β-unsaturated/α-hetero) is 1. The lowest BCUT2D eigenvalue weighted by molar-refractivity contribution is -0.132. The number of aromatic hydroxyl groups is 1. The first-order valence-electron chi connectivity index (χ1n) is 10.4. The van der Waals surface area contributed by atoms with Gasteiger partial charge in [-0.15, -0.1) is 0 Å². The highest BCUT2D eigenvalue weighted by Crippen LogP contribution is 2.43. The molecular weight excluding hydrogens is 402 g/mol. The van der Waals surface area contributed by atoms with Crippen molar-refractivity contribution in [3.05, 3.63) is 99.6 Å². The number of ketones is 1. The Kier molecular flexibility index (Phi) is 5.35. The SMILES string of the molecule is Cc1cc(C)cc(N2C(=O)C(=O)/C(=C(/O)c3cc(C)ccc3C)C2c2ccc(O)cc2)c1. The van der Waals surface area contributed by atoms with E-state index < -0.39 is 17.7 Å². The molecule has 2 N–H and O–H groups in total. The van der Waals surface area contributed by atoms with Crippen molar-refractivity contribution in [2.75, 3.05) is 4.90 Å². The Morgan fingerprint density at radius 3 is 2.06 bits per heavy atom. The Labute approximate surface area is 187 Å². The number of hydrogen-bond acceptors (Lipinski definition) is 4. The van der Waals surface area contributed by atoms with Crippen LogP contribution in [-0.4, -0.2) is 21.9 Å². The summed E-state index contributed by atoms with van der Waals surface area (Å²) in [4.78, 5) is 28.0. The fourth-order valence-electron chi connectivity index (χ4n) is 4.30. The zero-order valence-corrected chi connectivity index (χ0v) is 18.5. The van der Waals surface area contributed by atoms with E-state index >= 15 is 0 Å². The van der Waals surface area contributed by atoms with Gasteiger partial charge in [-0.05, 0) is 80.3 Å². The van der Waals surface area contributed by atoms with E-state index in [-0.39, 0.29) is 17.1 Å². The molecule has 0 saturated carbocycles. The molecule has 1 aliphatic rings. The molecule has 32 heavy (non-hydrogen) atoms. The number of aliphatic hydroxyl groups is 1. The minimum absolute atomic E-state index is 0.0357. The van der Waals surface area contributed by atoms with Gasteiger partial charge in [0, 0.05) is 11.3 Å². The van der Waals surface area contributed by atoms with Gasteiger partial charge in [0.05, 0.1) is 11.6 Å². The number of aliphatic hydroxyl groups excluding tert-OH is 1. The topological polar surface area (TPSA) is 77.8 Å². The van der Waals surface area contributed by atoms with Gasteiger partial charge in [-0.2, -0.15) is 0 Å². The summed E-state index contributed by atoms with van der Waals surface area (Å²) >= 11 is 0. The number of nitrogens with zero attached hydrogens (tertiary/aromatic N) is 1. The summed E-state index contributed by atoms with van der Waals surface area (Å²) in [5.41, 5.74) is 5.41. The number of carbonyl (C=O) groups is 2. The Hall–Kier alpha value is -3.86. The van der Waals surface area contributed by atoms with E-state index in [1.807, 2.05) is 64.1 Å². The zero-order valence-electron chi connectivity index (χ0n) is 18.5. The Morgan fingerprint density at radius 2 is 1.44 bits per heavy atom. The van der Waals surface area contributed by atoms with Crippen LogP contribution >= 0.6 is 0 Å². The smallest absolute Gasteiger partial charge is 0.300 e. The van der Waals surface area contributed by atoms with Crippen molar-refractivity contribution in [2.45, 2.75) is 33.7 Å². The molecule has 1 unspecified atom stereocenters. The lowest BCUT2D eigenvalue weighted by Gasteiger charge is -2.26. The third-order valence-corrected chi connectivity index (χ3v) is 5.79. The summed E-state index contributed by atoms with van der Waals surface area (Å²) in [5.74, 6) is -1.55. The summed E-state index contributed by atoms with van der Waals surface area (Å²) in [7, 11) is 0. The van der Waals surface area contributed by atoms with E-state index in [1.165, 1.54) is 17.0 Å². The first-order valence-corrected chi connectivity index (χ1v) is 10.4. The van der Waals surface area contributed by atoms with Crippen molar-refractivity contribution in [3.8, 4) is 5.75 Å². The van der Waals surface area contributed by atoms with Gasteiger partial charge < -0.3 is 10.2 Å². The Bertz CT molecular complexity index is 1250. The van der Waals surface area contributed by atoms with E-state index in [2.05, 4.69) is 0 Å². The van der Waals surface area contributed by atoms with Crippen molar-refractivity contribution in [2.24, 2.45) is 0 Å². The first kappa shape index (κ1) is 21.4. The molecule has 0 bridgehead atoms. The molecule has 0 spiro atoms. The summed E-state index contributed by atoms with van der Waals surface area (Å²) < 4.78 is 0. The van der Waals surface area contributed by atoms with E-state index in [0.29, 0.717) is 16.8 Å². The molecule has 162 valence electrons. The van der Waals surface area contributed by atoms with Gasteiger partial charge in [0.15, 0.2) is 0 Å². The molecule has 1 atom stereocenters. The minimum atomic E-state index is -0.822. The van der Waals surface area contributed by atoms with Gasteiger partial charge in [0.1, 0.15) is 11.5 Å². The molecule has 1 fully saturated rings. The monoisotopic (exact) mass is 427 g/mol. The van der Waals surface area contributed by atoms with Crippen LogP contribution in [0.25, 0.3) is 5.76 Å². The molecule has 4 rings (SSSR count). The van der Waals surface area contributed by atoms with Crippen LogP contribution in [0, 0.1) is 27.7 Å². The molecule has 1 saturated heterocycles. The van der Waals surface area contributed by atoms with Crippen LogP contribution in [-0.2, 0) is 9.59 Å². The predicted molar refractivity (Wildman–Crippen MR) is 125 cm³/mol. The number of hydrogen-bond donors (Lipinski definition) is 2. The van der Waals surface area contributed by atoms with E-state index in [9.17, 15) is 19.8 Å². The van der Waals surface area contributed by atoms with Gasteiger partial charge in [-0.25, -0.2) is 0 Å². The number of carbonyl (C=O) groups excluding carboxylic acids is 2. The van der Waals surface area contributed by atoms with Crippen molar-refractivity contribution in [1.29, 1.82) is 0 Å². The highest BCUT2D eigenvalue weighted by Gasteiger charge is 2.47. The van der Waals surface area contributed by atoms with Crippen LogP contribution in [0.3, 0.4) is 0 Å². The van der Waals surface area contributed by atoms with Crippen LogP contribution in [0.15, 0.2) is 66.2 Å². The standard InChI is InChI=1S/C27H25NO4/c1-15-5-6-18(4)22(14-15)25(30)23-24(19-7-9-21(29)10-8-19)28(27(32)26(23)31)20-12-16(2)11-17(3)13-20/h5-14,24,29-30H,1-4H3/b25-23+. The number of amides is 1. The molecule has 1 heterocycles. The van der Waals surface area contributed by atoms with Gasteiger partial charge in [-0.1, -0.05) is 35.9 Å².